The first-order chi connectivity index (χ1) is 9.42. The summed E-state index contributed by atoms with van der Waals surface area (Å²) in [5.74, 6) is 0.00991. The fraction of sp³-hybridized carbons (Fsp3) is 0.500. The molecule has 2 aromatic rings. The van der Waals surface area contributed by atoms with Gasteiger partial charge in [-0.2, -0.15) is 9.97 Å². The second kappa shape index (κ2) is 4.85. The topological polar surface area (TPSA) is 99.1 Å². The summed E-state index contributed by atoms with van der Waals surface area (Å²) in [6.45, 7) is -0.178. The van der Waals surface area contributed by atoms with Crippen LogP contribution in [0, 0.1) is 0 Å². The maximum Gasteiger partial charge on any atom is 0.223 e. The predicted octanol–water partition coefficient (Wildman–Crippen LogP) is 1.52. The number of ether oxygens (including phenoxy) is 1. The van der Waals surface area contributed by atoms with Crippen molar-refractivity contribution in [2.24, 2.45) is 0 Å². The average molecular weight is 339 g/mol. The van der Waals surface area contributed by atoms with Gasteiger partial charge in [0.1, 0.15) is 5.52 Å². The summed E-state index contributed by atoms with van der Waals surface area (Å²) >= 11 is 18.5. The van der Waals surface area contributed by atoms with Crippen LogP contribution in [0.25, 0.3) is 11.2 Å². The summed E-state index contributed by atoms with van der Waals surface area (Å²) in [5.41, 5.74) is 6.33. The molecular weight excluding hydrogens is 329 g/mol. The third-order valence-electron chi connectivity index (χ3n) is 3.03. The van der Waals surface area contributed by atoms with Crippen molar-refractivity contribution in [2.45, 2.75) is 23.1 Å². The molecule has 108 valence electrons. The van der Waals surface area contributed by atoms with E-state index in [0.717, 1.165) is 0 Å². The van der Waals surface area contributed by atoms with Gasteiger partial charge >= 0.3 is 0 Å². The maximum absolute atomic E-state index is 9.18. The molecule has 0 bridgehead atoms. The number of imidazole rings is 1. The lowest BCUT2D eigenvalue weighted by Gasteiger charge is -2.21. The molecule has 2 aromatic heterocycles. The molecule has 10 heteroatoms. The molecule has 1 fully saturated rings. The lowest BCUT2D eigenvalue weighted by atomic mass is 10.2. The zero-order chi connectivity index (χ0) is 14.5. The number of halogens is 3. The van der Waals surface area contributed by atoms with Gasteiger partial charge in [-0.15, -0.1) is 0 Å². The van der Waals surface area contributed by atoms with Crippen LogP contribution in [-0.4, -0.2) is 41.7 Å². The van der Waals surface area contributed by atoms with E-state index in [4.69, 9.17) is 45.3 Å². The van der Waals surface area contributed by atoms with Gasteiger partial charge in [0.25, 0.3) is 0 Å². The van der Waals surface area contributed by atoms with Gasteiger partial charge in [-0.05, 0) is 0 Å². The summed E-state index contributed by atoms with van der Waals surface area (Å²) in [5, 5.41) is 9.32. The Labute approximate surface area is 128 Å². The van der Waals surface area contributed by atoms with Gasteiger partial charge in [-0.3, -0.25) is 4.57 Å². The summed E-state index contributed by atoms with van der Waals surface area (Å²) in [6.07, 6.45) is 0.528. The fourth-order valence-electron chi connectivity index (χ4n) is 2.18. The number of nitrogen functional groups attached to an aromatic ring is 1. The van der Waals surface area contributed by atoms with Crippen molar-refractivity contribution >= 4 is 51.9 Å². The van der Waals surface area contributed by atoms with Crippen molar-refractivity contribution in [1.82, 2.24) is 19.5 Å². The van der Waals surface area contributed by atoms with Crippen LogP contribution < -0.4 is 5.73 Å². The standard InChI is InChI=1S/C10H10Cl3N5O2/c11-6-5-7(17-9(14)16-6)18(3-15-5)8-10(12,13)1-4(2-19)20-8/h3-4,8,19H,1-2H2,(H2,14,16,17). The normalized spacial score (nSPS) is 25.4. The van der Waals surface area contributed by atoms with Crippen LogP contribution in [0.1, 0.15) is 12.6 Å². The molecule has 0 spiro atoms. The summed E-state index contributed by atoms with van der Waals surface area (Å²) in [6, 6.07) is 0. The Hall–Kier alpha value is -0.860. The number of rotatable bonds is 2. The maximum atomic E-state index is 9.18. The molecule has 3 rings (SSSR count). The SMILES string of the molecule is Nc1nc(Cl)c2ncn(C3OC(CO)CC3(Cl)Cl)c2n1. The van der Waals surface area contributed by atoms with Crippen LogP contribution in [-0.2, 0) is 4.74 Å². The van der Waals surface area contributed by atoms with Gasteiger partial charge in [-0.25, -0.2) is 4.98 Å². The average Bonchev–Trinajstić information content (AvgIpc) is 2.89. The van der Waals surface area contributed by atoms with E-state index >= 15 is 0 Å². The molecule has 0 aliphatic carbocycles. The lowest BCUT2D eigenvalue weighted by Crippen LogP contribution is -2.23. The van der Waals surface area contributed by atoms with Crippen molar-refractivity contribution in [1.29, 1.82) is 0 Å². The van der Waals surface area contributed by atoms with Gasteiger partial charge < -0.3 is 15.6 Å². The number of hydrogen-bond donors (Lipinski definition) is 2. The first kappa shape index (κ1) is 14.1. The zero-order valence-electron chi connectivity index (χ0n) is 10.0. The second-order valence-electron chi connectivity index (χ2n) is 4.45. The van der Waals surface area contributed by atoms with E-state index in [9.17, 15) is 5.11 Å². The molecule has 2 unspecified atom stereocenters. The Bertz CT molecular complexity index is 662. The van der Waals surface area contributed by atoms with Crippen molar-refractivity contribution in [3.05, 3.63) is 11.5 Å². The van der Waals surface area contributed by atoms with Gasteiger partial charge in [0.2, 0.25) is 5.95 Å². The molecule has 0 aromatic carbocycles. The Balaban J connectivity index is 2.11. The smallest absolute Gasteiger partial charge is 0.223 e. The Morgan fingerprint density at radius 3 is 2.90 bits per heavy atom. The first-order valence-electron chi connectivity index (χ1n) is 5.72. The van der Waals surface area contributed by atoms with Crippen LogP contribution in [0.5, 0.6) is 0 Å². The molecule has 3 heterocycles. The number of nitrogens with zero attached hydrogens (tertiary/aromatic N) is 4. The van der Waals surface area contributed by atoms with Crippen molar-refractivity contribution in [3.63, 3.8) is 0 Å². The number of hydrogen-bond acceptors (Lipinski definition) is 6. The van der Waals surface area contributed by atoms with Gasteiger partial charge in [0.15, 0.2) is 21.4 Å². The van der Waals surface area contributed by atoms with E-state index in [1.807, 2.05) is 0 Å². The van der Waals surface area contributed by atoms with E-state index in [2.05, 4.69) is 15.0 Å². The number of aliphatic hydroxyl groups is 1. The molecule has 0 radical (unpaired) electrons. The molecule has 2 atom stereocenters. The Morgan fingerprint density at radius 2 is 2.25 bits per heavy atom. The highest BCUT2D eigenvalue weighted by Crippen LogP contribution is 2.47. The van der Waals surface area contributed by atoms with E-state index in [-0.39, 0.29) is 24.1 Å². The van der Waals surface area contributed by atoms with E-state index in [1.165, 1.54) is 10.9 Å². The molecule has 0 saturated carbocycles. The minimum Gasteiger partial charge on any atom is -0.394 e. The number of aromatic nitrogens is 4. The van der Waals surface area contributed by atoms with Crippen LogP contribution >= 0.6 is 34.8 Å². The Morgan fingerprint density at radius 1 is 1.50 bits per heavy atom. The summed E-state index contributed by atoms with van der Waals surface area (Å²) in [7, 11) is 0. The second-order valence-corrected chi connectivity index (χ2v) is 6.36. The monoisotopic (exact) mass is 337 g/mol. The predicted molar refractivity (Wildman–Crippen MR) is 74.8 cm³/mol. The summed E-state index contributed by atoms with van der Waals surface area (Å²) < 4.78 is 5.94. The van der Waals surface area contributed by atoms with E-state index < -0.39 is 16.7 Å². The highest BCUT2D eigenvalue weighted by atomic mass is 35.5. The lowest BCUT2D eigenvalue weighted by molar-refractivity contribution is -0.0223. The van der Waals surface area contributed by atoms with Crippen molar-refractivity contribution < 1.29 is 9.84 Å². The number of aliphatic hydroxyl groups excluding tert-OH is 1. The third-order valence-corrected chi connectivity index (χ3v) is 3.98. The van der Waals surface area contributed by atoms with Crippen LogP contribution in [0.2, 0.25) is 5.15 Å². The number of nitrogens with two attached hydrogens (primary N) is 1. The summed E-state index contributed by atoms with van der Waals surface area (Å²) in [4.78, 5) is 12.0. The van der Waals surface area contributed by atoms with Gasteiger partial charge in [0, 0.05) is 6.42 Å². The molecule has 0 amide bonds. The van der Waals surface area contributed by atoms with Crippen LogP contribution in [0.3, 0.4) is 0 Å². The van der Waals surface area contributed by atoms with E-state index in [1.54, 1.807) is 0 Å². The molecular formula is C10H10Cl3N5O2. The zero-order valence-corrected chi connectivity index (χ0v) is 12.3. The van der Waals surface area contributed by atoms with Gasteiger partial charge in [0.05, 0.1) is 19.0 Å². The first-order valence-corrected chi connectivity index (χ1v) is 6.85. The quantitative estimate of drug-likeness (QED) is 0.636. The number of fused-ring (bicyclic) bond motifs is 1. The van der Waals surface area contributed by atoms with E-state index in [0.29, 0.717) is 11.2 Å². The largest absolute Gasteiger partial charge is 0.394 e. The van der Waals surface area contributed by atoms with Crippen molar-refractivity contribution in [3.8, 4) is 0 Å². The highest BCUT2D eigenvalue weighted by Gasteiger charge is 2.47. The van der Waals surface area contributed by atoms with Crippen LogP contribution in [0.4, 0.5) is 5.95 Å². The minimum absolute atomic E-state index is 0.00991. The minimum atomic E-state index is -1.22. The number of alkyl halides is 2. The molecule has 1 saturated heterocycles. The highest BCUT2D eigenvalue weighted by molar-refractivity contribution is 6.48. The van der Waals surface area contributed by atoms with Crippen LogP contribution in [0.15, 0.2) is 6.33 Å². The molecule has 1 aliphatic rings. The van der Waals surface area contributed by atoms with Crippen molar-refractivity contribution in [2.75, 3.05) is 12.3 Å². The molecule has 20 heavy (non-hydrogen) atoms. The molecule has 7 nitrogen and oxygen atoms in total. The molecule has 3 N–H and O–H groups in total. The number of anilines is 1. The van der Waals surface area contributed by atoms with Gasteiger partial charge in [-0.1, -0.05) is 34.8 Å². The Kier molecular flexibility index (Phi) is 3.42. The third kappa shape index (κ3) is 2.19. The molecule has 1 aliphatic heterocycles. The fourth-order valence-corrected chi connectivity index (χ4v) is 3.06.